The van der Waals surface area contributed by atoms with E-state index in [1.807, 2.05) is 24.3 Å². The minimum absolute atomic E-state index is 0.0303. The standard InChI is InChI=1S/C13H14BrN3O/c1-17-13(11(14)8-16-17)12(18)6-9-4-2-3-5-10(9)7-15/h2-5,8H,6-7,15H2,1H3. The first-order chi connectivity index (χ1) is 8.63. The number of rotatable bonds is 4. The summed E-state index contributed by atoms with van der Waals surface area (Å²) in [5.41, 5.74) is 8.23. The lowest BCUT2D eigenvalue weighted by molar-refractivity contribution is 0.0983. The molecule has 18 heavy (non-hydrogen) atoms. The van der Waals surface area contributed by atoms with Gasteiger partial charge in [0.25, 0.3) is 0 Å². The quantitative estimate of drug-likeness (QED) is 0.880. The first kappa shape index (κ1) is 13.0. The molecule has 0 radical (unpaired) electrons. The number of hydrogen-bond donors (Lipinski definition) is 1. The van der Waals surface area contributed by atoms with Gasteiger partial charge in [-0.3, -0.25) is 9.48 Å². The molecule has 0 fully saturated rings. The Morgan fingerprint density at radius 3 is 2.61 bits per heavy atom. The van der Waals surface area contributed by atoms with Crippen molar-refractivity contribution in [3.8, 4) is 0 Å². The molecular formula is C13H14BrN3O. The van der Waals surface area contributed by atoms with Crippen molar-refractivity contribution in [2.75, 3.05) is 0 Å². The Bertz CT molecular complexity index is 558. The van der Waals surface area contributed by atoms with Crippen molar-refractivity contribution in [1.29, 1.82) is 0 Å². The highest BCUT2D eigenvalue weighted by atomic mass is 79.9. The number of hydrogen-bond acceptors (Lipinski definition) is 3. The van der Waals surface area contributed by atoms with Gasteiger partial charge in [-0.1, -0.05) is 24.3 Å². The molecular weight excluding hydrogens is 294 g/mol. The van der Waals surface area contributed by atoms with E-state index in [1.54, 1.807) is 17.9 Å². The Labute approximate surface area is 114 Å². The van der Waals surface area contributed by atoms with Crippen LogP contribution in [0.4, 0.5) is 0 Å². The maximum absolute atomic E-state index is 12.3. The average Bonchev–Trinajstić information content (AvgIpc) is 2.69. The fourth-order valence-corrected chi connectivity index (χ4v) is 2.48. The summed E-state index contributed by atoms with van der Waals surface area (Å²) >= 11 is 3.34. The van der Waals surface area contributed by atoms with Crippen LogP contribution in [0.2, 0.25) is 0 Å². The molecule has 1 heterocycles. The van der Waals surface area contributed by atoms with Crippen molar-refractivity contribution in [1.82, 2.24) is 9.78 Å². The van der Waals surface area contributed by atoms with Crippen molar-refractivity contribution < 1.29 is 4.79 Å². The summed E-state index contributed by atoms with van der Waals surface area (Å²) in [4.78, 5) is 12.3. The van der Waals surface area contributed by atoms with E-state index in [1.165, 1.54) is 0 Å². The summed E-state index contributed by atoms with van der Waals surface area (Å²) in [6.45, 7) is 0.440. The van der Waals surface area contributed by atoms with Crippen LogP contribution in [-0.4, -0.2) is 15.6 Å². The molecule has 0 aliphatic rings. The average molecular weight is 308 g/mol. The fraction of sp³-hybridized carbons (Fsp3) is 0.231. The second-order valence-electron chi connectivity index (χ2n) is 4.04. The molecule has 5 heteroatoms. The Balaban J connectivity index is 2.27. The number of Topliss-reactive ketones (excluding diaryl/α,β-unsaturated/α-hetero) is 1. The molecule has 0 spiro atoms. The minimum atomic E-state index is 0.0303. The highest BCUT2D eigenvalue weighted by molar-refractivity contribution is 9.10. The molecule has 2 rings (SSSR count). The number of nitrogens with two attached hydrogens (primary N) is 1. The maximum atomic E-state index is 12.3. The Morgan fingerprint density at radius 1 is 1.39 bits per heavy atom. The van der Waals surface area contributed by atoms with E-state index in [0.29, 0.717) is 18.7 Å². The summed E-state index contributed by atoms with van der Waals surface area (Å²) < 4.78 is 2.30. The number of benzene rings is 1. The second kappa shape index (κ2) is 5.46. The van der Waals surface area contributed by atoms with Gasteiger partial charge in [0, 0.05) is 20.0 Å². The molecule has 1 aromatic heterocycles. The van der Waals surface area contributed by atoms with E-state index in [-0.39, 0.29) is 5.78 Å². The molecule has 0 saturated heterocycles. The van der Waals surface area contributed by atoms with Crippen molar-refractivity contribution in [3.05, 3.63) is 51.8 Å². The van der Waals surface area contributed by atoms with E-state index >= 15 is 0 Å². The second-order valence-corrected chi connectivity index (χ2v) is 4.89. The molecule has 94 valence electrons. The largest absolute Gasteiger partial charge is 0.326 e. The summed E-state index contributed by atoms with van der Waals surface area (Å²) in [5, 5.41) is 4.05. The van der Waals surface area contributed by atoms with Crippen molar-refractivity contribution in [2.45, 2.75) is 13.0 Å². The van der Waals surface area contributed by atoms with Crippen molar-refractivity contribution in [3.63, 3.8) is 0 Å². The first-order valence-corrected chi connectivity index (χ1v) is 6.40. The van der Waals surface area contributed by atoms with Gasteiger partial charge in [-0.05, 0) is 27.1 Å². The Kier molecular flexibility index (Phi) is 3.93. The van der Waals surface area contributed by atoms with Gasteiger partial charge < -0.3 is 5.73 Å². The molecule has 4 nitrogen and oxygen atoms in total. The molecule has 0 aliphatic carbocycles. The molecule has 0 bridgehead atoms. The van der Waals surface area contributed by atoms with E-state index in [9.17, 15) is 4.79 Å². The fourth-order valence-electron chi connectivity index (χ4n) is 1.91. The third-order valence-electron chi connectivity index (χ3n) is 2.85. The predicted molar refractivity (Wildman–Crippen MR) is 73.3 cm³/mol. The highest BCUT2D eigenvalue weighted by Gasteiger charge is 2.16. The molecule has 2 aromatic rings. The number of halogens is 1. The zero-order chi connectivity index (χ0) is 13.1. The van der Waals surface area contributed by atoms with E-state index in [4.69, 9.17) is 5.73 Å². The van der Waals surface area contributed by atoms with Crippen LogP contribution in [0.25, 0.3) is 0 Å². The molecule has 0 unspecified atom stereocenters. The van der Waals surface area contributed by atoms with Crippen LogP contribution in [0.15, 0.2) is 34.9 Å². The van der Waals surface area contributed by atoms with Crippen molar-refractivity contribution in [2.24, 2.45) is 12.8 Å². The highest BCUT2D eigenvalue weighted by Crippen LogP contribution is 2.18. The predicted octanol–water partition coefficient (Wildman–Crippen LogP) is 2.07. The molecule has 2 N–H and O–H groups in total. The molecule has 0 atom stereocenters. The van der Waals surface area contributed by atoms with Crippen LogP contribution in [0, 0.1) is 0 Å². The van der Waals surface area contributed by atoms with Crippen LogP contribution in [0.5, 0.6) is 0 Å². The number of aromatic nitrogens is 2. The van der Waals surface area contributed by atoms with Gasteiger partial charge in [-0.15, -0.1) is 0 Å². The van der Waals surface area contributed by atoms with Gasteiger partial charge >= 0.3 is 0 Å². The molecule has 0 aliphatic heterocycles. The first-order valence-electron chi connectivity index (χ1n) is 5.61. The maximum Gasteiger partial charge on any atom is 0.186 e. The molecule has 0 saturated carbocycles. The zero-order valence-corrected chi connectivity index (χ0v) is 11.6. The topological polar surface area (TPSA) is 60.9 Å². The molecule has 0 amide bonds. The van der Waals surface area contributed by atoms with Gasteiger partial charge in [0.05, 0.1) is 10.7 Å². The van der Waals surface area contributed by atoms with Gasteiger partial charge in [0.15, 0.2) is 5.78 Å². The van der Waals surface area contributed by atoms with Crippen LogP contribution in [-0.2, 0) is 20.0 Å². The smallest absolute Gasteiger partial charge is 0.186 e. The monoisotopic (exact) mass is 307 g/mol. The van der Waals surface area contributed by atoms with E-state index in [2.05, 4.69) is 21.0 Å². The van der Waals surface area contributed by atoms with Crippen LogP contribution in [0.1, 0.15) is 21.6 Å². The molecule has 1 aromatic carbocycles. The van der Waals surface area contributed by atoms with Gasteiger partial charge in [0.1, 0.15) is 5.69 Å². The summed E-state index contributed by atoms with van der Waals surface area (Å²) in [5.74, 6) is 0.0303. The van der Waals surface area contributed by atoms with E-state index in [0.717, 1.165) is 15.6 Å². The third kappa shape index (κ3) is 2.52. The summed E-state index contributed by atoms with van der Waals surface area (Å²) in [6, 6.07) is 7.72. The van der Waals surface area contributed by atoms with Crippen LogP contribution < -0.4 is 5.73 Å². The Hall–Kier alpha value is -1.46. The van der Waals surface area contributed by atoms with Gasteiger partial charge in [-0.2, -0.15) is 5.10 Å². The lowest BCUT2D eigenvalue weighted by atomic mass is 10.0. The zero-order valence-electron chi connectivity index (χ0n) is 10.1. The van der Waals surface area contributed by atoms with Crippen LogP contribution >= 0.6 is 15.9 Å². The lowest BCUT2D eigenvalue weighted by Crippen LogP contribution is -2.12. The number of carbonyl (C=O) groups excluding carboxylic acids is 1. The summed E-state index contributed by atoms with van der Waals surface area (Å²) in [7, 11) is 1.76. The number of carbonyl (C=O) groups is 1. The number of nitrogens with zero attached hydrogens (tertiary/aromatic N) is 2. The van der Waals surface area contributed by atoms with E-state index < -0.39 is 0 Å². The number of aryl methyl sites for hydroxylation is 1. The minimum Gasteiger partial charge on any atom is -0.326 e. The number of ketones is 1. The van der Waals surface area contributed by atoms with Crippen LogP contribution in [0.3, 0.4) is 0 Å². The SMILES string of the molecule is Cn1ncc(Br)c1C(=O)Cc1ccccc1CN. The van der Waals surface area contributed by atoms with Gasteiger partial charge in [-0.25, -0.2) is 0 Å². The Morgan fingerprint density at radius 2 is 2.06 bits per heavy atom. The third-order valence-corrected chi connectivity index (χ3v) is 3.43. The van der Waals surface area contributed by atoms with Gasteiger partial charge in [0.2, 0.25) is 0 Å². The van der Waals surface area contributed by atoms with Crippen molar-refractivity contribution >= 4 is 21.7 Å². The normalized spacial score (nSPS) is 10.6. The summed E-state index contributed by atoms with van der Waals surface area (Å²) in [6.07, 6.45) is 1.97. The lowest BCUT2D eigenvalue weighted by Gasteiger charge is -2.07.